The van der Waals surface area contributed by atoms with Gasteiger partial charge in [-0.2, -0.15) is 0 Å². The van der Waals surface area contributed by atoms with Gasteiger partial charge in [0.25, 0.3) is 0 Å². The standard InChI is InChI=1S/C14H18ClNO6S/c1-7(17)22-5-8-6-23(20,21)13-9(15)12(19)16(13)10(8)11(18)14(2,3)4/h9,13H,5-6H2,1-4H3/t9-,13-/m0/s1. The highest BCUT2D eigenvalue weighted by atomic mass is 35.5. The molecule has 2 aliphatic heterocycles. The van der Waals surface area contributed by atoms with Crippen LogP contribution in [0.15, 0.2) is 11.3 Å². The largest absolute Gasteiger partial charge is 0.461 e. The Hall–Kier alpha value is -1.41. The number of sulfone groups is 1. The molecule has 1 fully saturated rings. The molecule has 0 N–H and O–H groups in total. The fraction of sp³-hybridized carbons (Fsp3) is 0.643. The van der Waals surface area contributed by atoms with Crippen molar-refractivity contribution in [1.82, 2.24) is 4.90 Å². The van der Waals surface area contributed by atoms with Crippen molar-refractivity contribution in [1.29, 1.82) is 0 Å². The fourth-order valence-electron chi connectivity index (χ4n) is 2.50. The topological polar surface area (TPSA) is 97.8 Å². The Morgan fingerprint density at radius 3 is 2.39 bits per heavy atom. The summed E-state index contributed by atoms with van der Waals surface area (Å²) in [6, 6.07) is 0. The number of β-lactam (4-membered cyclic amide) rings is 1. The number of allylic oxidation sites excluding steroid dienone is 1. The number of ether oxygens (including phenoxy) is 1. The van der Waals surface area contributed by atoms with Crippen molar-refractivity contribution in [2.75, 3.05) is 12.4 Å². The lowest BCUT2D eigenvalue weighted by Gasteiger charge is -2.48. The number of rotatable bonds is 3. The van der Waals surface area contributed by atoms with E-state index in [9.17, 15) is 22.8 Å². The SMILES string of the molecule is CC(=O)OCC1=C(C(=O)C(C)(C)C)N2C(=O)[C@H](Cl)[C@@H]2S(=O)(=O)C1. The monoisotopic (exact) mass is 363 g/mol. The van der Waals surface area contributed by atoms with E-state index in [4.69, 9.17) is 16.3 Å². The summed E-state index contributed by atoms with van der Waals surface area (Å²) in [4.78, 5) is 36.7. The molecule has 1 saturated heterocycles. The van der Waals surface area contributed by atoms with E-state index in [1.54, 1.807) is 20.8 Å². The number of carbonyl (C=O) groups excluding carboxylic acids is 3. The smallest absolute Gasteiger partial charge is 0.302 e. The second kappa shape index (κ2) is 5.59. The minimum absolute atomic E-state index is 0.0134. The highest BCUT2D eigenvalue weighted by Crippen LogP contribution is 2.41. The van der Waals surface area contributed by atoms with Gasteiger partial charge in [0.05, 0.1) is 11.4 Å². The number of Topliss-reactive ketones (excluding diaryl/α,β-unsaturated/α-hetero) is 1. The van der Waals surface area contributed by atoms with Crippen molar-refractivity contribution in [2.45, 2.75) is 38.4 Å². The van der Waals surface area contributed by atoms with E-state index in [1.807, 2.05) is 0 Å². The van der Waals surface area contributed by atoms with E-state index in [-0.39, 0.29) is 17.9 Å². The second-order valence-corrected chi connectivity index (χ2v) is 9.19. The van der Waals surface area contributed by atoms with Gasteiger partial charge in [0.1, 0.15) is 12.0 Å². The van der Waals surface area contributed by atoms with Gasteiger partial charge in [-0.3, -0.25) is 19.3 Å². The van der Waals surface area contributed by atoms with Gasteiger partial charge in [0.2, 0.25) is 5.91 Å². The number of hydrogen-bond donors (Lipinski definition) is 0. The van der Waals surface area contributed by atoms with E-state index < -0.39 is 49.4 Å². The van der Waals surface area contributed by atoms with Crippen molar-refractivity contribution in [2.24, 2.45) is 5.41 Å². The number of amides is 1. The molecule has 2 heterocycles. The lowest BCUT2D eigenvalue weighted by Crippen LogP contribution is -2.68. The molecule has 0 aromatic rings. The summed E-state index contributed by atoms with van der Waals surface area (Å²) in [5.41, 5.74) is -0.742. The van der Waals surface area contributed by atoms with Crippen LogP contribution in [0, 0.1) is 5.41 Å². The molecule has 2 aliphatic rings. The Balaban J connectivity index is 2.56. The summed E-state index contributed by atoms with van der Waals surface area (Å²) in [5, 5.41) is -2.43. The zero-order valence-corrected chi connectivity index (χ0v) is 14.8. The summed E-state index contributed by atoms with van der Waals surface area (Å²) in [5.74, 6) is -2.09. The van der Waals surface area contributed by atoms with Crippen molar-refractivity contribution in [3.8, 4) is 0 Å². The fourth-order valence-corrected chi connectivity index (χ4v) is 5.08. The molecule has 1 amide bonds. The molecule has 2 atom stereocenters. The summed E-state index contributed by atoms with van der Waals surface area (Å²) >= 11 is 5.83. The number of ketones is 1. The Bertz CT molecular complexity index is 718. The highest BCUT2D eigenvalue weighted by molar-refractivity contribution is 7.92. The first-order valence-electron chi connectivity index (χ1n) is 6.97. The molecule has 7 nitrogen and oxygen atoms in total. The zero-order chi connectivity index (χ0) is 17.7. The number of halogens is 1. The number of nitrogens with zero attached hydrogens (tertiary/aromatic N) is 1. The van der Waals surface area contributed by atoms with Crippen LogP contribution in [-0.2, 0) is 29.0 Å². The van der Waals surface area contributed by atoms with Gasteiger partial charge in [-0.1, -0.05) is 20.8 Å². The van der Waals surface area contributed by atoms with Gasteiger partial charge < -0.3 is 4.74 Å². The first kappa shape index (κ1) is 17.9. The maximum Gasteiger partial charge on any atom is 0.302 e. The van der Waals surface area contributed by atoms with E-state index in [0.717, 1.165) is 4.90 Å². The minimum Gasteiger partial charge on any atom is -0.461 e. The molecule has 2 rings (SSSR count). The molecule has 0 saturated carbocycles. The van der Waals surface area contributed by atoms with Crippen LogP contribution in [0.2, 0.25) is 0 Å². The number of alkyl halides is 1. The van der Waals surface area contributed by atoms with Crippen LogP contribution in [0.25, 0.3) is 0 Å². The number of fused-ring (bicyclic) bond motifs is 1. The summed E-state index contributed by atoms with van der Waals surface area (Å²) in [7, 11) is -3.74. The molecule has 0 aromatic carbocycles. The lowest BCUT2D eigenvalue weighted by atomic mass is 9.86. The van der Waals surface area contributed by atoms with Crippen LogP contribution in [0.3, 0.4) is 0 Å². The van der Waals surface area contributed by atoms with Gasteiger partial charge in [0.15, 0.2) is 21.0 Å². The van der Waals surface area contributed by atoms with Gasteiger partial charge >= 0.3 is 5.97 Å². The van der Waals surface area contributed by atoms with Crippen molar-refractivity contribution < 1.29 is 27.5 Å². The van der Waals surface area contributed by atoms with E-state index in [2.05, 4.69) is 0 Å². The van der Waals surface area contributed by atoms with Gasteiger partial charge in [-0.25, -0.2) is 8.42 Å². The van der Waals surface area contributed by atoms with Crippen LogP contribution < -0.4 is 0 Å². The Morgan fingerprint density at radius 2 is 1.91 bits per heavy atom. The van der Waals surface area contributed by atoms with Crippen molar-refractivity contribution in [3.63, 3.8) is 0 Å². The predicted molar refractivity (Wildman–Crippen MR) is 82.2 cm³/mol. The third-order valence-electron chi connectivity index (χ3n) is 3.64. The predicted octanol–water partition coefficient (Wildman–Crippen LogP) is 0.623. The summed E-state index contributed by atoms with van der Waals surface area (Å²) < 4.78 is 29.5. The van der Waals surface area contributed by atoms with Gasteiger partial charge in [-0.05, 0) is 0 Å². The molecule has 9 heteroatoms. The quantitative estimate of drug-likeness (QED) is 0.414. The average molecular weight is 364 g/mol. The van der Waals surface area contributed by atoms with E-state index in [1.165, 1.54) is 6.92 Å². The average Bonchev–Trinajstić information content (AvgIpc) is 2.40. The molecule has 0 bridgehead atoms. The molecule has 0 aliphatic carbocycles. The normalized spacial score (nSPS) is 26.5. The molecule has 0 radical (unpaired) electrons. The second-order valence-electron chi connectivity index (χ2n) is 6.62. The minimum atomic E-state index is -3.74. The van der Waals surface area contributed by atoms with Gasteiger partial charge in [-0.15, -0.1) is 11.6 Å². The maximum absolute atomic E-state index is 12.7. The first-order valence-corrected chi connectivity index (χ1v) is 9.12. The lowest BCUT2D eigenvalue weighted by molar-refractivity contribution is -0.142. The number of carbonyl (C=O) groups is 3. The molecule has 128 valence electrons. The Kier molecular flexibility index (Phi) is 4.36. The molecule has 0 spiro atoms. The van der Waals surface area contributed by atoms with Crippen LogP contribution in [0.1, 0.15) is 27.7 Å². The molecular weight excluding hydrogens is 346 g/mol. The third-order valence-corrected chi connectivity index (χ3v) is 6.19. The van der Waals surface area contributed by atoms with Crippen LogP contribution in [0.5, 0.6) is 0 Å². The van der Waals surface area contributed by atoms with E-state index >= 15 is 0 Å². The summed E-state index contributed by atoms with van der Waals surface area (Å²) in [6.07, 6.45) is 0. The zero-order valence-electron chi connectivity index (χ0n) is 13.3. The molecule has 0 aromatic heterocycles. The maximum atomic E-state index is 12.7. The van der Waals surface area contributed by atoms with Crippen LogP contribution in [-0.4, -0.2) is 54.1 Å². The summed E-state index contributed by atoms with van der Waals surface area (Å²) in [6.45, 7) is 5.80. The van der Waals surface area contributed by atoms with Crippen molar-refractivity contribution >= 4 is 39.1 Å². The highest BCUT2D eigenvalue weighted by Gasteiger charge is 2.59. The Morgan fingerprint density at radius 1 is 1.35 bits per heavy atom. The van der Waals surface area contributed by atoms with E-state index in [0.29, 0.717) is 0 Å². The molecular formula is C14H18ClNO6S. The van der Waals surface area contributed by atoms with Crippen LogP contribution >= 0.6 is 11.6 Å². The molecule has 23 heavy (non-hydrogen) atoms. The number of hydrogen-bond acceptors (Lipinski definition) is 6. The third kappa shape index (κ3) is 3.01. The van der Waals surface area contributed by atoms with Crippen molar-refractivity contribution in [3.05, 3.63) is 11.3 Å². The first-order chi connectivity index (χ1) is 10.4. The Labute approximate surface area is 139 Å². The van der Waals surface area contributed by atoms with Gasteiger partial charge in [0, 0.05) is 17.9 Å². The molecule has 0 unspecified atom stereocenters. The number of esters is 1. The van der Waals surface area contributed by atoms with Crippen LogP contribution in [0.4, 0.5) is 0 Å².